The molecule has 0 aliphatic heterocycles. The van der Waals surface area contributed by atoms with Crippen molar-refractivity contribution in [2.24, 2.45) is 0 Å². The summed E-state index contributed by atoms with van der Waals surface area (Å²) in [5.74, 6) is 0.858. The van der Waals surface area contributed by atoms with Crippen LogP contribution < -0.4 is 10.1 Å². The van der Waals surface area contributed by atoms with Crippen LogP contribution in [0, 0.1) is 0 Å². The van der Waals surface area contributed by atoms with Gasteiger partial charge in [-0.15, -0.1) is 0 Å². The second-order valence-corrected chi connectivity index (χ2v) is 5.17. The maximum Gasteiger partial charge on any atom is 0.119 e. The van der Waals surface area contributed by atoms with Gasteiger partial charge in [-0.1, -0.05) is 18.2 Å². The van der Waals surface area contributed by atoms with Crippen LogP contribution in [-0.4, -0.2) is 24.8 Å². The molecule has 1 atom stereocenters. The molecule has 2 N–H and O–H groups in total. The molecule has 0 bridgehead atoms. The van der Waals surface area contributed by atoms with Crippen LogP contribution in [0.5, 0.6) is 5.75 Å². The molecule has 3 heteroatoms. The highest BCUT2D eigenvalue weighted by Gasteiger charge is 2.21. The standard InChI is InChI=1S/C16H19NO2/c1-19-15-7-4-11-8-13(3-2-12(11)9-15)16(18)10-17-14-5-6-14/h2-4,7-9,14,16-18H,5-6,10H2,1H3. The Morgan fingerprint density at radius 2 is 1.95 bits per heavy atom. The Bertz CT molecular complexity index is 578. The molecular weight excluding hydrogens is 238 g/mol. The molecule has 2 aromatic rings. The van der Waals surface area contributed by atoms with Crippen molar-refractivity contribution in [1.82, 2.24) is 5.32 Å². The molecule has 100 valence electrons. The zero-order valence-corrected chi connectivity index (χ0v) is 11.1. The minimum atomic E-state index is -0.438. The van der Waals surface area contributed by atoms with Crippen LogP contribution in [0.4, 0.5) is 0 Å². The van der Waals surface area contributed by atoms with Gasteiger partial charge in [0.05, 0.1) is 13.2 Å². The minimum absolute atomic E-state index is 0.438. The van der Waals surface area contributed by atoms with Crippen molar-refractivity contribution < 1.29 is 9.84 Å². The second-order valence-electron chi connectivity index (χ2n) is 5.17. The molecule has 1 aliphatic carbocycles. The Morgan fingerprint density at radius 1 is 1.21 bits per heavy atom. The number of aliphatic hydroxyl groups is 1. The number of rotatable bonds is 5. The second kappa shape index (κ2) is 5.19. The first-order chi connectivity index (χ1) is 9.26. The SMILES string of the molecule is COc1ccc2cc(C(O)CNC3CC3)ccc2c1. The summed E-state index contributed by atoms with van der Waals surface area (Å²) in [5.41, 5.74) is 0.964. The quantitative estimate of drug-likeness (QED) is 0.865. The van der Waals surface area contributed by atoms with Gasteiger partial charge >= 0.3 is 0 Å². The molecule has 1 saturated carbocycles. The summed E-state index contributed by atoms with van der Waals surface area (Å²) in [5, 5.41) is 15.8. The molecule has 0 aromatic heterocycles. The molecule has 3 rings (SSSR count). The normalized spacial score (nSPS) is 16.5. The van der Waals surface area contributed by atoms with E-state index >= 15 is 0 Å². The molecule has 1 fully saturated rings. The Kier molecular flexibility index (Phi) is 3.40. The van der Waals surface area contributed by atoms with E-state index in [1.807, 2.05) is 36.4 Å². The van der Waals surface area contributed by atoms with Gasteiger partial charge in [0.25, 0.3) is 0 Å². The highest BCUT2D eigenvalue weighted by Crippen LogP contribution is 2.25. The number of hydrogen-bond donors (Lipinski definition) is 2. The Hall–Kier alpha value is -1.58. The summed E-state index contributed by atoms with van der Waals surface area (Å²) in [4.78, 5) is 0. The molecule has 3 nitrogen and oxygen atoms in total. The molecule has 2 aromatic carbocycles. The van der Waals surface area contributed by atoms with Crippen LogP contribution in [0.15, 0.2) is 36.4 Å². The van der Waals surface area contributed by atoms with Crippen molar-refractivity contribution in [2.75, 3.05) is 13.7 Å². The van der Waals surface area contributed by atoms with Crippen molar-refractivity contribution in [3.05, 3.63) is 42.0 Å². The van der Waals surface area contributed by atoms with Crippen molar-refractivity contribution >= 4 is 10.8 Å². The number of aliphatic hydroxyl groups excluding tert-OH is 1. The summed E-state index contributed by atoms with van der Waals surface area (Å²) in [7, 11) is 1.67. The van der Waals surface area contributed by atoms with Crippen LogP contribution >= 0.6 is 0 Å². The van der Waals surface area contributed by atoms with E-state index in [9.17, 15) is 5.11 Å². The van der Waals surface area contributed by atoms with E-state index in [0.717, 1.165) is 22.1 Å². The van der Waals surface area contributed by atoms with Crippen molar-refractivity contribution in [1.29, 1.82) is 0 Å². The number of nitrogens with one attached hydrogen (secondary N) is 1. The third-order valence-corrected chi connectivity index (χ3v) is 3.63. The summed E-state index contributed by atoms with van der Waals surface area (Å²) < 4.78 is 5.21. The summed E-state index contributed by atoms with van der Waals surface area (Å²) in [6, 6.07) is 12.7. The minimum Gasteiger partial charge on any atom is -0.497 e. The summed E-state index contributed by atoms with van der Waals surface area (Å²) in [6.07, 6.45) is 2.04. The smallest absolute Gasteiger partial charge is 0.119 e. The lowest BCUT2D eigenvalue weighted by atomic mass is 10.0. The van der Waals surface area contributed by atoms with Gasteiger partial charge < -0.3 is 15.2 Å². The van der Waals surface area contributed by atoms with Crippen molar-refractivity contribution in [3.8, 4) is 5.75 Å². The van der Waals surface area contributed by atoms with E-state index in [2.05, 4.69) is 5.32 Å². The number of benzene rings is 2. The average Bonchev–Trinajstić information content (AvgIpc) is 3.27. The van der Waals surface area contributed by atoms with Gasteiger partial charge in [-0.3, -0.25) is 0 Å². The molecule has 19 heavy (non-hydrogen) atoms. The average molecular weight is 257 g/mol. The molecule has 1 aliphatic rings. The number of methoxy groups -OCH3 is 1. The predicted molar refractivity (Wildman–Crippen MR) is 76.5 cm³/mol. The van der Waals surface area contributed by atoms with E-state index < -0.39 is 6.10 Å². The van der Waals surface area contributed by atoms with Gasteiger partial charge in [0.2, 0.25) is 0 Å². The zero-order chi connectivity index (χ0) is 13.2. The first kappa shape index (κ1) is 12.5. The van der Waals surface area contributed by atoms with Crippen LogP contribution in [-0.2, 0) is 0 Å². The van der Waals surface area contributed by atoms with Crippen LogP contribution in [0.2, 0.25) is 0 Å². The predicted octanol–water partition coefficient (Wildman–Crippen LogP) is 2.63. The van der Waals surface area contributed by atoms with Gasteiger partial charge in [0.15, 0.2) is 0 Å². The van der Waals surface area contributed by atoms with E-state index in [1.54, 1.807) is 7.11 Å². The first-order valence-corrected chi connectivity index (χ1v) is 6.75. The first-order valence-electron chi connectivity index (χ1n) is 6.75. The Labute approximate surface area is 113 Å². The molecule has 0 amide bonds. The van der Waals surface area contributed by atoms with Crippen LogP contribution in [0.25, 0.3) is 10.8 Å². The Balaban J connectivity index is 1.79. The fourth-order valence-corrected chi connectivity index (χ4v) is 2.26. The molecular formula is C16H19NO2. The highest BCUT2D eigenvalue weighted by molar-refractivity contribution is 5.84. The lowest BCUT2D eigenvalue weighted by Gasteiger charge is -2.13. The third-order valence-electron chi connectivity index (χ3n) is 3.63. The van der Waals surface area contributed by atoms with Gasteiger partial charge in [0.1, 0.15) is 5.75 Å². The number of hydrogen-bond acceptors (Lipinski definition) is 3. The van der Waals surface area contributed by atoms with Crippen molar-refractivity contribution in [3.63, 3.8) is 0 Å². The maximum atomic E-state index is 10.2. The lowest BCUT2D eigenvalue weighted by Crippen LogP contribution is -2.23. The molecule has 0 radical (unpaired) electrons. The van der Waals surface area contributed by atoms with Crippen molar-refractivity contribution in [2.45, 2.75) is 25.0 Å². The van der Waals surface area contributed by atoms with Gasteiger partial charge in [-0.25, -0.2) is 0 Å². The largest absolute Gasteiger partial charge is 0.497 e. The van der Waals surface area contributed by atoms with Crippen LogP contribution in [0.1, 0.15) is 24.5 Å². The van der Waals surface area contributed by atoms with Gasteiger partial charge in [-0.2, -0.15) is 0 Å². The van der Waals surface area contributed by atoms with Gasteiger partial charge in [0, 0.05) is 12.6 Å². The van der Waals surface area contributed by atoms with Gasteiger partial charge in [-0.05, 0) is 47.4 Å². The Morgan fingerprint density at radius 3 is 2.68 bits per heavy atom. The monoisotopic (exact) mass is 257 g/mol. The lowest BCUT2D eigenvalue weighted by molar-refractivity contribution is 0.174. The molecule has 1 unspecified atom stereocenters. The molecule has 0 saturated heterocycles. The van der Waals surface area contributed by atoms with E-state index in [4.69, 9.17) is 4.74 Å². The van der Waals surface area contributed by atoms with Crippen LogP contribution in [0.3, 0.4) is 0 Å². The maximum absolute atomic E-state index is 10.2. The zero-order valence-electron chi connectivity index (χ0n) is 11.1. The summed E-state index contributed by atoms with van der Waals surface area (Å²) >= 11 is 0. The van der Waals surface area contributed by atoms with E-state index in [0.29, 0.717) is 12.6 Å². The molecule has 0 spiro atoms. The van der Waals surface area contributed by atoms with E-state index in [1.165, 1.54) is 12.8 Å². The number of ether oxygens (including phenoxy) is 1. The topological polar surface area (TPSA) is 41.5 Å². The third kappa shape index (κ3) is 2.88. The molecule has 0 heterocycles. The highest BCUT2D eigenvalue weighted by atomic mass is 16.5. The summed E-state index contributed by atoms with van der Waals surface area (Å²) in [6.45, 7) is 0.631. The fraction of sp³-hybridized carbons (Fsp3) is 0.375. The van der Waals surface area contributed by atoms with E-state index in [-0.39, 0.29) is 0 Å². The number of fused-ring (bicyclic) bond motifs is 1. The fourth-order valence-electron chi connectivity index (χ4n) is 2.26.